The van der Waals surface area contributed by atoms with Crippen LogP contribution in [0.2, 0.25) is 0 Å². The zero-order chi connectivity index (χ0) is 14.4. The van der Waals surface area contributed by atoms with E-state index in [0.29, 0.717) is 5.75 Å². The highest BCUT2D eigenvalue weighted by Gasteiger charge is 2.19. The quantitative estimate of drug-likeness (QED) is 0.821. The van der Waals surface area contributed by atoms with Gasteiger partial charge in [-0.25, -0.2) is 9.37 Å². The second-order valence-corrected chi connectivity index (χ2v) is 3.87. The number of hydrogen-bond donors (Lipinski definition) is 1. The van der Waals surface area contributed by atoms with Gasteiger partial charge in [-0.2, -0.15) is 0 Å². The van der Waals surface area contributed by atoms with Crippen molar-refractivity contribution in [1.82, 2.24) is 4.98 Å². The minimum atomic E-state index is -1.17. The zero-order valence-electron chi connectivity index (χ0n) is 10.4. The summed E-state index contributed by atoms with van der Waals surface area (Å²) in [6.45, 7) is 0. The predicted molar refractivity (Wildman–Crippen MR) is 67.9 cm³/mol. The number of aliphatic carboxylic acids is 1. The first-order valence-electron chi connectivity index (χ1n) is 5.86. The van der Waals surface area contributed by atoms with Crippen LogP contribution < -0.4 is 9.47 Å². The molecule has 0 aliphatic rings. The van der Waals surface area contributed by atoms with Crippen molar-refractivity contribution in [3.05, 3.63) is 54.5 Å². The molecule has 0 saturated heterocycles. The van der Waals surface area contributed by atoms with Crippen molar-refractivity contribution >= 4 is 5.97 Å². The average Bonchev–Trinajstić information content (AvgIpc) is 2.42. The molecule has 2 rings (SSSR count). The van der Waals surface area contributed by atoms with Crippen LogP contribution in [0.3, 0.4) is 0 Å². The maximum Gasteiger partial charge on any atom is 0.310 e. The van der Waals surface area contributed by atoms with Crippen LogP contribution in [0.25, 0.3) is 0 Å². The SMILES string of the molecule is O=C(O)CC(Oc1ccccc1)Oc1ncccc1F. The summed E-state index contributed by atoms with van der Waals surface area (Å²) < 4.78 is 24.0. The molecule has 20 heavy (non-hydrogen) atoms. The lowest BCUT2D eigenvalue weighted by atomic mass is 10.3. The van der Waals surface area contributed by atoms with E-state index in [0.717, 1.165) is 0 Å². The molecule has 0 fully saturated rings. The fourth-order valence-electron chi connectivity index (χ4n) is 1.48. The third kappa shape index (κ3) is 3.94. The number of pyridine rings is 1. The molecule has 5 nitrogen and oxygen atoms in total. The van der Waals surface area contributed by atoms with E-state index in [9.17, 15) is 9.18 Å². The van der Waals surface area contributed by atoms with E-state index in [1.807, 2.05) is 0 Å². The molecule has 1 unspecified atom stereocenters. The maximum absolute atomic E-state index is 13.4. The van der Waals surface area contributed by atoms with Crippen molar-refractivity contribution in [2.45, 2.75) is 12.7 Å². The number of aromatic nitrogens is 1. The molecule has 0 aliphatic carbocycles. The Morgan fingerprint density at radius 2 is 1.95 bits per heavy atom. The Bertz CT molecular complexity index is 576. The summed E-state index contributed by atoms with van der Waals surface area (Å²) in [5.41, 5.74) is 0. The van der Waals surface area contributed by atoms with E-state index >= 15 is 0 Å². The van der Waals surface area contributed by atoms with Gasteiger partial charge < -0.3 is 14.6 Å². The molecule has 0 aliphatic heterocycles. The Kier molecular flexibility index (Phi) is 4.49. The van der Waals surface area contributed by atoms with E-state index in [2.05, 4.69) is 4.98 Å². The van der Waals surface area contributed by atoms with Gasteiger partial charge in [0.2, 0.25) is 0 Å². The molecule has 0 bridgehead atoms. The number of ether oxygens (including phenoxy) is 2. The fourth-order valence-corrected chi connectivity index (χ4v) is 1.48. The van der Waals surface area contributed by atoms with E-state index in [-0.39, 0.29) is 5.88 Å². The lowest BCUT2D eigenvalue weighted by molar-refractivity contribution is -0.142. The number of nitrogens with zero attached hydrogens (tertiary/aromatic N) is 1. The standard InChI is InChI=1S/C14H12FNO4/c15-11-7-4-8-16-14(11)20-13(9-12(17)18)19-10-5-2-1-3-6-10/h1-8,13H,9H2,(H,17,18). The largest absolute Gasteiger partial charge is 0.481 e. The van der Waals surface area contributed by atoms with Gasteiger partial charge in [-0.05, 0) is 24.3 Å². The summed E-state index contributed by atoms with van der Waals surface area (Å²) in [5.74, 6) is -1.67. The molecule has 6 heteroatoms. The third-order valence-corrected chi connectivity index (χ3v) is 2.32. The third-order valence-electron chi connectivity index (χ3n) is 2.32. The summed E-state index contributed by atoms with van der Waals surface area (Å²) in [7, 11) is 0. The topological polar surface area (TPSA) is 68.7 Å². The molecule has 0 spiro atoms. The highest BCUT2D eigenvalue weighted by Crippen LogP contribution is 2.18. The lowest BCUT2D eigenvalue weighted by Gasteiger charge is -2.18. The van der Waals surface area contributed by atoms with Crippen molar-refractivity contribution < 1.29 is 23.8 Å². The van der Waals surface area contributed by atoms with Crippen molar-refractivity contribution in [3.63, 3.8) is 0 Å². The second-order valence-electron chi connectivity index (χ2n) is 3.87. The number of carbonyl (C=O) groups is 1. The van der Waals surface area contributed by atoms with Crippen LogP contribution in [0.5, 0.6) is 11.6 Å². The first kappa shape index (κ1) is 13.8. The van der Waals surface area contributed by atoms with E-state index in [1.54, 1.807) is 30.3 Å². The number of benzene rings is 1. The van der Waals surface area contributed by atoms with Gasteiger partial charge >= 0.3 is 5.97 Å². The van der Waals surface area contributed by atoms with Gasteiger partial charge in [0.1, 0.15) is 12.2 Å². The number of para-hydroxylation sites is 1. The molecule has 2 aromatic rings. The summed E-state index contributed by atoms with van der Waals surface area (Å²) in [6, 6.07) is 11.1. The molecule has 1 aromatic heterocycles. The van der Waals surface area contributed by atoms with Crippen molar-refractivity contribution in [2.24, 2.45) is 0 Å². The number of halogens is 1. The normalized spacial score (nSPS) is 11.7. The van der Waals surface area contributed by atoms with Crippen LogP contribution >= 0.6 is 0 Å². The highest BCUT2D eigenvalue weighted by molar-refractivity contribution is 5.67. The van der Waals surface area contributed by atoms with Gasteiger partial charge in [0.05, 0.1) is 0 Å². The Hall–Kier alpha value is -2.63. The molecule has 104 valence electrons. The number of carboxylic acid groups (broad SMARTS) is 1. The molecular formula is C14H12FNO4. The van der Waals surface area contributed by atoms with Gasteiger partial charge in [0.15, 0.2) is 5.82 Å². The molecule has 1 atom stereocenters. The summed E-state index contributed by atoms with van der Waals surface area (Å²) in [5, 5.41) is 8.84. The first-order valence-corrected chi connectivity index (χ1v) is 5.86. The molecule has 1 aromatic carbocycles. The Labute approximate surface area is 114 Å². The van der Waals surface area contributed by atoms with Crippen molar-refractivity contribution in [1.29, 1.82) is 0 Å². The number of rotatable bonds is 6. The van der Waals surface area contributed by atoms with Crippen LogP contribution in [0.1, 0.15) is 6.42 Å². The minimum absolute atomic E-state index is 0.297. The molecule has 0 saturated carbocycles. The number of carboxylic acids is 1. The Morgan fingerprint density at radius 1 is 1.20 bits per heavy atom. The van der Waals surface area contributed by atoms with Gasteiger partial charge in [-0.15, -0.1) is 0 Å². The van der Waals surface area contributed by atoms with Crippen LogP contribution in [0.4, 0.5) is 4.39 Å². The summed E-state index contributed by atoms with van der Waals surface area (Å²) in [4.78, 5) is 14.5. The van der Waals surface area contributed by atoms with Crippen LogP contribution in [0.15, 0.2) is 48.7 Å². The van der Waals surface area contributed by atoms with E-state index < -0.39 is 24.5 Å². The first-order chi connectivity index (χ1) is 9.65. The average molecular weight is 277 g/mol. The van der Waals surface area contributed by atoms with Crippen molar-refractivity contribution in [2.75, 3.05) is 0 Å². The molecule has 1 N–H and O–H groups in total. The van der Waals surface area contributed by atoms with Gasteiger partial charge in [0.25, 0.3) is 12.2 Å². The van der Waals surface area contributed by atoms with Gasteiger partial charge in [0, 0.05) is 6.20 Å². The molecule has 0 amide bonds. The summed E-state index contributed by atoms with van der Waals surface area (Å²) in [6.07, 6.45) is -0.261. The zero-order valence-corrected chi connectivity index (χ0v) is 10.4. The Morgan fingerprint density at radius 3 is 2.60 bits per heavy atom. The lowest BCUT2D eigenvalue weighted by Crippen LogP contribution is -2.27. The predicted octanol–water partition coefficient (Wildman–Crippen LogP) is 2.48. The fraction of sp³-hybridized carbons (Fsp3) is 0.143. The van der Waals surface area contributed by atoms with Gasteiger partial charge in [-0.1, -0.05) is 18.2 Å². The maximum atomic E-state index is 13.4. The smallest absolute Gasteiger partial charge is 0.310 e. The molecule has 1 heterocycles. The highest BCUT2D eigenvalue weighted by atomic mass is 19.1. The monoisotopic (exact) mass is 277 g/mol. The molecule has 0 radical (unpaired) electrons. The van der Waals surface area contributed by atoms with E-state index in [1.165, 1.54) is 18.3 Å². The van der Waals surface area contributed by atoms with Crippen molar-refractivity contribution in [3.8, 4) is 11.6 Å². The second kappa shape index (κ2) is 6.51. The number of hydrogen-bond acceptors (Lipinski definition) is 4. The minimum Gasteiger partial charge on any atom is -0.481 e. The van der Waals surface area contributed by atoms with Crippen LogP contribution in [-0.4, -0.2) is 22.3 Å². The van der Waals surface area contributed by atoms with E-state index in [4.69, 9.17) is 14.6 Å². The molecular weight excluding hydrogens is 265 g/mol. The van der Waals surface area contributed by atoms with Crippen LogP contribution in [0, 0.1) is 5.82 Å². The van der Waals surface area contributed by atoms with Gasteiger partial charge in [-0.3, -0.25) is 4.79 Å². The Balaban J connectivity index is 2.12. The van der Waals surface area contributed by atoms with Crippen LogP contribution in [-0.2, 0) is 4.79 Å². The summed E-state index contributed by atoms with van der Waals surface area (Å²) >= 11 is 0.